The highest BCUT2D eigenvalue weighted by Gasteiger charge is 2.19. The molecule has 0 saturated carbocycles. The lowest BCUT2D eigenvalue weighted by molar-refractivity contribution is -0.167. The first-order chi connectivity index (χ1) is 34.5. The van der Waals surface area contributed by atoms with Gasteiger partial charge in [0.2, 0.25) is 0 Å². The summed E-state index contributed by atoms with van der Waals surface area (Å²) < 4.78 is 16.8. The van der Waals surface area contributed by atoms with E-state index in [4.69, 9.17) is 14.2 Å². The Hall–Kier alpha value is -4.71. The van der Waals surface area contributed by atoms with Crippen LogP contribution in [-0.2, 0) is 28.6 Å². The van der Waals surface area contributed by atoms with Crippen molar-refractivity contribution in [1.82, 2.24) is 0 Å². The Morgan fingerprint density at radius 3 is 1.00 bits per heavy atom. The fraction of sp³-hybridized carbons (Fsp3) is 0.578. The topological polar surface area (TPSA) is 78.9 Å². The number of esters is 3. The van der Waals surface area contributed by atoms with E-state index in [0.717, 1.165) is 103 Å². The number of carbonyl (C=O) groups excluding carboxylic acids is 3. The molecule has 0 aliphatic rings. The molecule has 70 heavy (non-hydrogen) atoms. The lowest BCUT2D eigenvalue weighted by atomic mass is 10.1. The van der Waals surface area contributed by atoms with Crippen LogP contribution in [0.1, 0.15) is 220 Å². The fourth-order valence-corrected chi connectivity index (χ4v) is 7.10. The predicted octanol–water partition coefficient (Wildman–Crippen LogP) is 18.8. The van der Waals surface area contributed by atoms with E-state index in [2.05, 4.69) is 106 Å². The Kier molecular flexibility index (Phi) is 53.0. The van der Waals surface area contributed by atoms with Crippen LogP contribution in [0.3, 0.4) is 0 Å². The molecular formula is C64H100O6. The molecule has 0 fully saturated rings. The van der Waals surface area contributed by atoms with E-state index >= 15 is 0 Å². The molecule has 0 aromatic rings. The van der Waals surface area contributed by atoms with Crippen LogP contribution in [-0.4, -0.2) is 37.2 Å². The highest BCUT2D eigenvalue weighted by molar-refractivity contribution is 5.71. The van der Waals surface area contributed by atoms with Crippen LogP contribution >= 0.6 is 0 Å². The summed E-state index contributed by atoms with van der Waals surface area (Å²) >= 11 is 0. The summed E-state index contributed by atoms with van der Waals surface area (Å²) in [5.74, 6) is -0.996. The summed E-state index contributed by atoms with van der Waals surface area (Å²) in [5, 5.41) is 0. The SMILES string of the molecule is CC\C=C/C=C\C=C/C=C\C=C\C=C/CCCCCC(=O)OC(COC(=O)CCCCCCC\C=C/C=C\C=C/C=C\CCCCC)COC(=O)CCCCCCCCC/C=C\C/C=C\CCCCC. The lowest BCUT2D eigenvalue weighted by Gasteiger charge is -2.18. The van der Waals surface area contributed by atoms with E-state index in [-0.39, 0.29) is 37.5 Å². The molecule has 0 aliphatic carbocycles. The van der Waals surface area contributed by atoms with Crippen molar-refractivity contribution in [1.29, 1.82) is 0 Å². The quantitative estimate of drug-likeness (QED) is 0.0199. The van der Waals surface area contributed by atoms with Crippen molar-refractivity contribution in [3.05, 3.63) is 146 Å². The van der Waals surface area contributed by atoms with Gasteiger partial charge >= 0.3 is 17.9 Å². The summed E-state index contributed by atoms with van der Waals surface area (Å²) in [6, 6.07) is 0. The van der Waals surface area contributed by atoms with E-state index in [1.807, 2.05) is 60.8 Å². The third kappa shape index (κ3) is 54.2. The summed E-state index contributed by atoms with van der Waals surface area (Å²) in [4.78, 5) is 38.2. The van der Waals surface area contributed by atoms with Crippen molar-refractivity contribution < 1.29 is 28.6 Å². The molecule has 0 N–H and O–H groups in total. The predicted molar refractivity (Wildman–Crippen MR) is 302 cm³/mol. The Morgan fingerprint density at radius 2 is 0.614 bits per heavy atom. The van der Waals surface area contributed by atoms with Crippen molar-refractivity contribution in [2.45, 2.75) is 226 Å². The Morgan fingerprint density at radius 1 is 0.314 bits per heavy atom. The maximum atomic E-state index is 12.8. The van der Waals surface area contributed by atoms with Gasteiger partial charge in [-0.25, -0.2) is 0 Å². The van der Waals surface area contributed by atoms with Crippen LogP contribution < -0.4 is 0 Å². The van der Waals surface area contributed by atoms with Gasteiger partial charge in [0.05, 0.1) is 0 Å². The van der Waals surface area contributed by atoms with E-state index < -0.39 is 6.10 Å². The van der Waals surface area contributed by atoms with Gasteiger partial charge in [0, 0.05) is 19.3 Å². The Bertz CT molecular complexity index is 1580. The fourth-order valence-electron chi connectivity index (χ4n) is 7.10. The van der Waals surface area contributed by atoms with E-state index in [1.54, 1.807) is 0 Å². The molecule has 1 unspecified atom stereocenters. The van der Waals surface area contributed by atoms with Crippen LogP contribution in [0.5, 0.6) is 0 Å². The van der Waals surface area contributed by atoms with E-state index in [0.29, 0.717) is 19.3 Å². The Labute approximate surface area is 429 Å². The average molecular weight is 965 g/mol. The Balaban J connectivity index is 4.58. The molecule has 0 heterocycles. The minimum atomic E-state index is -0.822. The van der Waals surface area contributed by atoms with Crippen molar-refractivity contribution in [2.24, 2.45) is 0 Å². The van der Waals surface area contributed by atoms with Gasteiger partial charge in [-0.15, -0.1) is 0 Å². The molecule has 0 aromatic carbocycles. The number of hydrogen-bond acceptors (Lipinski definition) is 6. The zero-order chi connectivity index (χ0) is 50.7. The van der Waals surface area contributed by atoms with Gasteiger partial charge in [-0.1, -0.05) is 250 Å². The van der Waals surface area contributed by atoms with Crippen molar-refractivity contribution in [2.75, 3.05) is 13.2 Å². The average Bonchev–Trinajstić information content (AvgIpc) is 3.36. The zero-order valence-corrected chi connectivity index (χ0v) is 44.7. The molecule has 6 heteroatoms. The molecular weight excluding hydrogens is 865 g/mol. The summed E-state index contributed by atoms with van der Waals surface area (Å²) in [6.45, 7) is 6.35. The maximum absolute atomic E-state index is 12.8. The number of ether oxygens (including phenoxy) is 3. The third-order valence-corrected chi connectivity index (χ3v) is 11.3. The second kappa shape index (κ2) is 56.9. The minimum absolute atomic E-state index is 0.115. The lowest BCUT2D eigenvalue weighted by Crippen LogP contribution is -2.30. The van der Waals surface area contributed by atoms with Crippen LogP contribution in [0.4, 0.5) is 0 Å². The molecule has 6 nitrogen and oxygen atoms in total. The van der Waals surface area contributed by atoms with Crippen LogP contribution in [0.2, 0.25) is 0 Å². The van der Waals surface area contributed by atoms with Gasteiger partial charge in [-0.2, -0.15) is 0 Å². The minimum Gasteiger partial charge on any atom is -0.462 e. The van der Waals surface area contributed by atoms with Gasteiger partial charge in [0.25, 0.3) is 0 Å². The van der Waals surface area contributed by atoms with Gasteiger partial charge in [-0.05, 0) is 96.3 Å². The first-order valence-corrected chi connectivity index (χ1v) is 28.0. The highest BCUT2D eigenvalue weighted by atomic mass is 16.6. The summed E-state index contributed by atoms with van der Waals surface area (Å²) in [5.41, 5.74) is 0. The van der Waals surface area contributed by atoms with Crippen LogP contribution in [0, 0.1) is 0 Å². The van der Waals surface area contributed by atoms with E-state index in [9.17, 15) is 14.4 Å². The highest BCUT2D eigenvalue weighted by Crippen LogP contribution is 2.13. The summed E-state index contributed by atoms with van der Waals surface area (Å²) in [6.07, 6.45) is 81.0. The zero-order valence-electron chi connectivity index (χ0n) is 44.7. The second-order valence-electron chi connectivity index (χ2n) is 18.0. The van der Waals surface area contributed by atoms with Crippen LogP contribution in [0.25, 0.3) is 0 Å². The first kappa shape index (κ1) is 65.3. The number of allylic oxidation sites excluding steroid dienone is 24. The number of hydrogen-bond donors (Lipinski definition) is 0. The number of rotatable bonds is 48. The first-order valence-electron chi connectivity index (χ1n) is 28.0. The largest absolute Gasteiger partial charge is 0.462 e. The molecule has 0 amide bonds. The normalized spacial score (nSPS) is 13.2. The molecule has 0 saturated heterocycles. The summed E-state index contributed by atoms with van der Waals surface area (Å²) in [7, 11) is 0. The molecule has 0 aromatic heterocycles. The molecule has 0 rings (SSSR count). The standard InChI is InChI=1S/C64H100O6/c1-4-7-10-13-16-19-22-25-28-31-34-36-39-42-45-48-51-54-57-63(66)69-60-61(70-64(67)58-55-52-49-46-43-40-37-33-30-27-24-21-18-15-12-9-6-3)59-68-62(65)56-53-50-47-44-41-38-35-32-29-26-23-20-17-14-11-8-5-2/h9,12,15-22,24-31,33-34,36-37,40,43,61H,4-8,10-11,13-14,23,32,35,38-39,41-42,44-60H2,1-3H3/b12-9-,18-15-,19-16-,20-17-,24-21-,25-22-,29-26-,30-27-,31-28-,36-34-,37-33+,43-40-. The second-order valence-corrected chi connectivity index (χ2v) is 18.0. The molecule has 392 valence electrons. The van der Waals surface area contributed by atoms with E-state index in [1.165, 1.54) is 70.6 Å². The molecule has 1 atom stereocenters. The van der Waals surface area contributed by atoms with Gasteiger partial charge in [0.15, 0.2) is 6.10 Å². The van der Waals surface area contributed by atoms with Crippen molar-refractivity contribution >= 4 is 17.9 Å². The van der Waals surface area contributed by atoms with Crippen molar-refractivity contribution in [3.8, 4) is 0 Å². The van der Waals surface area contributed by atoms with Crippen LogP contribution in [0.15, 0.2) is 146 Å². The van der Waals surface area contributed by atoms with Gasteiger partial charge in [0.1, 0.15) is 13.2 Å². The number of carbonyl (C=O) groups is 3. The number of unbranched alkanes of at least 4 members (excludes halogenated alkanes) is 21. The molecule has 0 bridgehead atoms. The molecule has 0 spiro atoms. The third-order valence-electron chi connectivity index (χ3n) is 11.3. The van der Waals surface area contributed by atoms with Gasteiger partial charge < -0.3 is 14.2 Å². The smallest absolute Gasteiger partial charge is 0.306 e. The molecule has 0 radical (unpaired) electrons. The monoisotopic (exact) mass is 965 g/mol. The maximum Gasteiger partial charge on any atom is 0.306 e. The van der Waals surface area contributed by atoms with Crippen molar-refractivity contribution in [3.63, 3.8) is 0 Å². The molecule has 0 aliphatic heterocycles. The van der Waals surface area contributed by atoms with Gasteiger partial charge in [-0.3, -0.25) is 14.4 Å².